The molecular formula is C29H27F6NO. The molecule has 2 aliphatic heterocycles. The molecule has 3 aromatic carbocycles. The number of ether oxygens (including phenoxy) is 1. The SMILES string of the molecule is FC(F)(F)c1ccc(C(F)(F)F)c(CO[C@@H]2CC[C@H]3CC[C@]2(c2ccccc2)N3Cc2ccccc2)c1. The average molecular weight is 520 g/mol. The van der Waals surface area contributed by atoms with Crippen molar-refractivity contribution in [3.8, 4) is 0 Å². The summed E-state index contributed by atoms with van der Waals surface area (Å²) in [7, 11) is 0. The van der Waals surface area contributed by atoms with Gasteiger partial charge in [0.15, 0.2) is 0 Å². The molecule has 0 amide bonds. The van der Waals surface area contributed by atoms with Crippen LogP contribution in [0.4, 0.5) is 26.3 Å². The van der Waals surface area contributed by atoms with E-state index >= 15 is 0 Å². The Morgan fingerprint density at radius 2 is 1.46 bits per heavy atom. The number of benzene rings is 3. The first-order valence-electron chi connectivity index (χ1n) is 12.3. The maximum atomic E-state index is 13.7. The van der Waals surface area contributed by atoms with Crippen LogP contribution in [0.5, 0.6) is 0 Å². The molecule has 0 N–H and O–H groups in total. The number of alkyl halides is 6. The first-order valence-corrected chi connectivity index (χ1v) is 12.3. The molecule has 8 heteroatoms. The van der Waals surface area contributed by atoms with Crippen LogP contribution in [0.3, 0.4) is 0 Å². The van der Waals surface area contributed by atoms with Crippen molar-refractivity contribution < 1.29 is 31.1 Å². The highest BCUT2D eigenvalue weighted by molar-refractivity contribution is 5.36. The predicted molar refractivity (Wildman–Crippen MR) is 127 cm³/mol. The molecule has 2 fully saturated rings. The third-order valence-corrected chi connectivity index (χ3v) is 7.75. The van der Waals surface area contributed by atoms with Crippen LogP contribution in [0.1, 0.15) is 53.5 Å². The first kappa shape index (κ1) is 25.8. The predicted octanol–water partition coefficient (Wildman–Crippen LogP) is 7.96. The highest BCUT2D eigenvalue weighted by Crippen LogP contribution is 2.52. The number of piperidine rings is 1. The van der Waals surface area contributed by atoms with E-state index in [9.17, 15) is 26.3 Å². The van der Waals surface area contributed by atoms with Gasteiger partial charge in [0.05, 0.1) is 29.4 Å². The molecule has 196 valence electrons. The molecule has 2 saturated heterocycles. The maximum Gasteiger partial charge on any atom is 0.416 e. The van der Waals surface area contributed by atoms with Crippen molar-refractivity contribution in [3.05, 3.63) is 107 Å². The van der Waals surface area contributed by atoms with E-state index in [1.807, 2.05) is 60.7 Å². The zero-order chi connectivity index (χ0) is 26.3. The number of fused-ring (bicyclic) bond motifs is 2. The van der Waals surface area contributed by atoms with Gasteiger partial charge in [-0.05, 0) is 60.6 Å². The lowest BCUT2D eigenvalue weighted by atomic mass is 9.78. The zero-order valence-corrected chi connectivity index (χ0v) is 20.0. The fourth-order valence-electron chi connectivity index (χ4n) is 6.09. The molecule has 0 unspecified atom stereocenters. The van der Waals surface area contributed by atoms with Crippen LogP contribution >= 0.6 is 0 Å². The van der Waals surface area contributed by atoms with Crippen molar-refractivity contribution in [2.45, 2.75) is 68.9 Å². The maximum absolute atomic E-state index is 13.7. The van der Waals surface area contributed by atoms with Crippen LogP contribution in [-0.4, -0.2) is 17.0 Å². The Kier molecular flexibility index (Phi) is 6.83. The quantitative estimate of drug-likeness (QED) is 0.306. The Hall–Kier alpha value is -2.84. The molecule has 5 rings (SSSR count). The van der Waals surface area contributed by atoms with Crippen molar-refractivity contribution in [2.75, 3.05) is 0 Å². The fourth-order valence-corrected chi connectivity index (χ4v) is 6.09. The van der Waals surface area contributed by atoms with Gasteiger partial charge in [-0.15, -0.1) is 0 Å². The Morgan fingerprint density at radius 1 is 0.784 bits per heavy atom. The van der Waals surface area contributed by atoms with E-state index in [0.29, 0.717) is 37.2 Å². The summed E-state index contributed by atoms with van der Waals surface area (Å²) in [6.45, 7) is 0.0967. The largest absolute Gasteiger partial charge is 0.416 e. The third kappa shape index (κ3) is 5.01. The average Bonchev–Trinajstić information content (AvgIpc) is 3.10. The molecule has 0 spiro atoms. The van der Waals surface area contributed by atoms with Gasteiger partial charge >= 0.3 is 12.4 Å². The van der Waals surface area contributed by atoms with E-state index in [4.69, 9.17) is 4.74 Å². The summed E-state index contributed by atoms with van der Waals surface area (Å²) in [6.07, 6.45) is -6.92. The van der Waals surface area contributed by atoms with Gasteiger partial charge < -0.3 is 4.74 Å². The normalized spacial score (nSPS) is 24.4. The zero-order valence-electron chi connectivity index (χ0n) is 20.0. The van der Waals surface area contributed by atoms with E-state index in [2.05, 4.69) is 4.90 Å². The minimum atomic E-state index is -4.79. The molecule has 0 aromatic heterocycles. The first-order chi connectivity index (χ1) is 17.6. The summed E-state index contributed by atoms with van der Waals surface area (Å²) in [5, 5.41) is 0. The minimum Gasteiger partial charge on any atom is -0.371 e. The molecule has 0 saturated carbocycles. The Morgan fingerprint density at radius 3 is 2.11 bits per heavy atom. The van der Waals surface area contributed by atoms with Crippen molar-refractivity contribution >= 4 is 0 Å². The van der Waals surface area contributed by atoms with Gasteiger partial charge in [0.1, 0.15) is 0 Å². The van der Waals surface area contributed by atoms with Crippen LogP contribution in [0.2, 0.25) is 0 Å². The van der Waals surface area contributed by atoms with E-state index in [1.165, 1.54) is 0 Å². The van der Waals surface area contributed by atoms with Gasteiger partial charge in [-0.2, -0.15) is 26.3 Å². The minimum absolute atomic E-state index is 0.291. The van der Waals surface area contributed by atoms with Gasteiger partial charge in [-0.3, -0.25) is 4.90 Å². The molecule has 3 atom stereocenters. The lowest BCUT2D eigenvalue weighted by molar-refractivity contribution is -0.144. The summed E-state index contributed by atoms with van der Waals surface area (Å²) in [5.74, 6) is 0. The summed E-state index contributed by atoms with van der Waals surface area (Å²) >= 11 is 0. The number of nitrogens with zero attached hydrogens (tertiary/aromatic N) is 1. The van der Waals surface area contributed by atoms with Crippen molar-refractivity contribution in [3.63, 3.8) is 0 Å². The van der Waals surface area contributed by atoms with Gasteiger partial charge in [-0.1, -0.05) is 60.7 Å². The molecule has 2 nitrogen and oxygen atoms in total. The number of halogens is 6. The second-order valence-electron chi connectivity index (χ2n) is 9.84. The lowest BCUT2D eigenvalue weighted by Crippen LogP contribution is -2.56. The van der Waals surface area contributed by atoms with Gasteiger partial charge in [0.25, 0.3) is 0 Å². The lowest BCUT2D eigenvalue weighted by Gasteiger charge is -2.50. The highest BCUT2D eigenvalue weighted by atomic mass is 19.4. The summed E-state index contributed by atoms with van der Waals surface area (Å²) in [4.78, 5) is 2.39. The Labute approximate surface area is 211 Å². The van der Waals surface area contributed by atoms with Gasteiger partial charge in [0.2, 0.25) is 0 Å². The van der Waals surface area contributed by atoms with Crippen molar-refractivity contribution in [1.82, 2.24) is 4.90 Å². The van der Waals surface area contributed by atoms with Crippen LogP contribution in [-0.2, 0) is 35.8 Å². The standard InChI is InChI=1S/C29H27F6NO/c30-28(31,32)23-11-13-25(29(33,34)35)21(17-23)19-37-26-14-12-24-15-16-27(26,22-9-5-2-6-10-22)36(24)18-20-7-3-1-4-8-20/h1-11,13,17,24,26H,12,14-16,18-19H2/t24-,26+,27+/m0/s1. The molecule has 2 aliphatic rings. The molecule has 3 aromatic rings. The molecule has 2 bridgehead atoms. The monoisotopic (exact) mass is 519 g/mol. The Balaban J connectivity index is 1.50. The van der Waals surface area contributed by atoms with E-state index in [0.717, 1.165) is 30.4 Å². The van der Waals surface area contributed by atoms with E-state index in [1.54, 1.807) is 0 Å². The van der Waals surface area contributed by atoms with E-state index in [-0.39, 0.29) is 0 Å². The second-order valence-corrected chi connectivity index (χ2v) is 9.84. The number of hydrogen-bond acceptors (Lipinski definition) is 2. The van der Waals surface area contributed by atoms with E-state index < -0.39 is 47.3 Å². The smallest absolute Gasteiger partial charge is 0.371 e. The Bertz CT molecular complexity index is 1210. The summed E-state index contributed by atoms with van der Waals surface area (Å²) in [6, 6.07) is 21.6. The number of rotatable bonds is 6. The molecule has 0 radical (unpaired) electrons. The number of hydrogen-bond donors (Lipinski definition) is 0. The molecule has 2 heterocycles. The van der Waals surface area contributed by atoms with Crippen LogP contribution in [0, 0.1) is 0 Å². The van der Waals surface area contributed by atoms with Crippen molar-refractivity contribution in [2.24, 2.45) is 0 Å². The van der Waals surface area contributed by atoms with Crippen LogP contribution in [0.25, 0.3) is 0 Å². The summed E-state index contributed by atoms with van der Waals surface area (Å²) in [5.41, 5.74) is -1.17. The van der Waals surface area contributed by atoms with Gasteiger partial charge in [-0.25, -0.2) is 0 Å². The molecule has 37 heavy (non-hydrogen) atoms. The van der Waals surface area contributed by atoms with Crippen LogP contribution < -0.4 is 0 Å². The van der Waals surface area contributed by atoms with Crippen LogP contribution in [0.15, 0.2) is 78.9 Å². The fraction of sp³-hybridized carbons (Fsp3) is 0.379. The third-order valence-electron chi connectivity index (χ3n) is 7.75. The summed E-state index contributed by atoms with van der Waals surface area (Å²) < 4.78 is 87.3. The second kappa shape index (κ2) is 9.80. The molecular weight excluding hydrogens is 492 g/mol. The molecule has 0 aliphatic carbocycles. The van der Waals surface area contributed by atoms with Crippen molar-refractivity contribution in [1.29, 1.82) is 0 Å². The topological polar surface area (TPSA) is 12.5 Å². The van der Waals surface area contributed by atoms with Gasteiger partial charge in [0, 0.05) is 12.6 Å². The highest BCUT2D eigenvalue weighted by Gasteiger charge is 2.55.